The molecule has 1 atom stereocenters. The van der Waals surface area contributed by atoms with Crippen LogP contribution in [0.5, 0.6) is 0 Å². The molecule has 0 rings (SSSR count). The average molecular weight is 413 g/mol. The fourth-order valence-corrected chi connectivity index (χ4v) is 2.64. The zero-order chi connectivity index (χ0) is 20.0. The first-order chi connectivity index (χ1) is 12.4. The van der Waals surface area contributed by atoms with E-state index in [0.717, 1.165) is 19.8 Å². The van der Waals surface area contributed by atoms with Crippen LogP contribution in [0.15, 0.2) is 0 Å². The maximum Gasteiger partial charge on any atom is 2.00 e. The SMILES string of the molecule is CC(O)C(=O)[O-].CCCCCCCCCCCCCCCCCC(=O)[O-].[Ca+2]. The largest absolute Gasteiger partial charge is 2.00 e. The molecule has 0 aliphatic carbocycles. The molecule has 0 aromatic rings. The fourth-order valence-electron chi connectivity index (χ4n) is 2.64. The molecule has 0 fully saturated rings. The van der Waals surface area contributed by atoms with Gasteiger partial charge in [-0.15, -0.1) is 0 Å². The topological polar surface area (TPSA) is 100 Å². The summed E-state index contributed by atoms with van der Waals surface area (Å²) in [4.78, 5) is 19.6. The molecule has 0 amide bonds. The van der Waals surface area contributed by atoms with Crippen molar-refractivity contribution in [1.82, 2.24) is 0 Å². The van der Waals surface area contributed by atoms with Gasteiger partial charge < -0.3 is 24.9 Å². The van der Waals surface area contributed by atoms with E-state index in [0.29, 0.717) is 0 Å². The molecule has 6 heteroatoms. The molecule has 0 aliphatic rings. The van der Waals surface area contributed by atoms with E-state index in [-0.39, 0.29) is 44.2 Å². The van der Waals surface area contributed by atoms with E-state index in [2.05, 4.69) is 6.92 Å². The number of unbranched alkanes of at least 4 members (excludes halogenated alkanes) is 14. The van der Waals surface area contributed by atoms with Crippen LogP contribution in [0.25, 0.3) is 0 Å². The minimum Gasteiger partial charge on any atom is -0.550 e. The summed E-state index contributed by atoms with van der Waals surface area (Å²) in [5.74, 6) is -2.34. The number of hydrogen-bond acceptors (Lipinski definition) is 5. The molecule has 0 saturated carbocycles. The van der Waals surface area contributed by atoms with Gasteiger partial charge in [-0.3, -0.25) is 0 Å². The molecule has 156 valence electrons. The maximum absolute atomic E-state index is 10.2. The van der Waals surface area contributed by atoms with Gasteiger partial charge in [0.05, 0.1) is 12.1 Å². The zero-order valence-corrected chi connectivity index (χ0v) is 19.9. The molecule has 0 radical (unpaired) electrons. The van der Waals surface area contributed by atoms with Crippen LogP contribution in [-0.2, 0) is 9.59 Å². The predicted molar refractivity (Wildman–Crippen MR) is 107 cm³/mol. The van der Waals surface area contributed by atoms with Gasteiger partial charge in [0, 0.05) is 5.97 Å². The van der Waals surface area contributed by atoms with Crippen molar-refractivity contribution in [3.8, 4) is 0 Å². The van der Waals surface area contributed by atoms with Crippen LogP contribution in [0.1, 0.15) is 117 Å². The second kappa shape index (κ2) is 26.2. The van der Waals surface area contributed by atoms with Crippen molar-refractivity contribution >= 4 is 49.7 Å². The Kier molecular flexibility index (Phi) is 30.9. The van der Waals surface area contributed by atoms with Gasteiger partial charge in [-0.2, -0.15) is 0 Å². The molecule has 0 heterocycles. The van der Waals surface area contributed by atoms with Gasteiger partial charge in [-0.25, -0.2) is 0 Å². The van der Waals surface area contributed by atoms with Crippen molar-refractivity contribution in [2.24, 2.45) is 0 Å². The van der Waals surface area contributed by atoms with Crippen molar-refractivity contribution in [3.05, 3.63) is 0 Å². The summed E-state index contributed by atoms with van der Waals surface area (Å²) in [6.07, 6.45) is 18.5. The molecule has 5 nitrogen and oxygen atoms in total. The number of hydrogen-bond donors (Lipinski definition) is 1. The van der Waals surface area contributed by atoms with Crippen molar-refractivity contribution < 1.29 is 24.9 Å². The number of carboxylic acids is 2. The van der Waals surface area contributed by atoms with Crippen LogP contribution in [0.3, 0.4) is 0 Å². The predicted octanol–water partition coefficient (Wildman–Crippen LogP) is 2.73. The van der Waals surface area contributed by atoms with Gasteiger partial charge >= 0.3 is 37.7 Å². The van der Waals surface area contributed by atoms with Gasteiger partial charge in [0.2, 0.25) is 0 Å². The Bertz CT molecular complexity index is 322. The van der Waals surface area contributed by atoms with Crippen molar-refractivity contribution in [2.75, 3.05) is 0 Å². The fraction of sp³-hybridized carbons (Fsp3) is 0.905. The van der Waals surface area contributed by atoms with Crippen LogP contribution in [0.2, 0.25) is 0 Å². The number of carbonyl (C=O) groups excluding carboxylic acids is 2. The third kappa shape index (κ3) is 34.1. The van der Waals surface area contributed by atoms with Crippen LogP contribution in [0.4, 0.5) is 0 Å². The monoisotopic (exact) mass is 412 g/mol. The number of carboxylic acid groups (broad SMARTS) is 2. The first-order valence-electron chi connectivity index (χ1n) is 10.5. The molecule has 0 aromatic carbocycles. The molecular formula is C21H40CaO5. The number of aliphatic carboxylic acids is 2. The van der Waals surface area contributed by atoms with E-state index in [1.54, 1.807) is 0 Å². The number of carbonyl (C=O) groups is 2. The molecule has 0 saturated heterocycles. The van der Waals surface area contributed by atoms with E-state index >= 15 is 0 Å². The van der Waals surface area contributed by atoms with Gasteiger partial charge in [0.15, 0.2) is 0 Å². The summed E-state index contributed by atoms with van der Waals surface area (Å²) >= 11 is 0. The second-order valence-electron chi connectivity index (χ2n) is 7.07. The van der Waals surface area contributed by atoms with E-state index in [4.69, 9.17) is 5.11 Å². The molecule has 0 aliphatic heterocycles. The number of rotatable bonds is 17. The minimum absolute atomic E-state index is 0. The first kappa shape index (κ1) is 31.8. The third-order valence-corrected chi connectivity index (χ3v) is 4.33. The van der Waals surface area contributed by atoms with Crippen molar-refractivity contribution in [2.45, 2.75) is 123 Å². The van der Waals surface area contributed by atoms with Crippen molar-refractivity contribution in [3.63, 3.8) is 0 Å². The summed E-state index contributed by atoms with van der Waals surface area (Å²) < 4.78 is 0. The molecule has 0 bridgehead atoms. The average Bonchev–Trinajstić information content (AvgIpc) is 2.58. The molecule has 27 heavy (non-hydrogen) atoms. The normalized spacial score (nSPS) is 11.1. The Morgan fingerprint density at radius 3 is 1.19 bits per heavy atom. The Morgan fingerprint density at radius 2 is 0.963 bits per heavy atom. The Morgan fingerprint density at radius 1 is 0.704 bits per heavy atom. The molecule has 0 aromatic heterocycles. The Balaban J connectivity index is -0.000000709. The van der Waals surface area contributed by atoms with E-state index in [1.165, 1.54) is 83.5 Å². The first-order valence-corrected chi connectivity index (χ1v) is 10.5. The number of aliphatic hydroxyl groups is 1. The summed E-state index contributed by atoms with van der Waals surface area (Å²) in [6.45, 7) is 3.40. The van der Waals surface area contributed by atoms with Gasteiger partial charge in [0.1, 0.15) is 0 Å². The van der Waals surface area contributed by atoms with Crippen LogP contribution >= 0.6 is 0 Å². The maximum atomic E-state index is 10.2. The zero-order valence-electron chi connectivity index (χ0n) is 17.7. The smallest absolute Gasteiger partial charge is 0.550 e. The summed E-state index contributed by atoms with van der Waals surface area (Å²) in [6, 6.07) is 0. The van der Waals surface area contributed by atoms with Gasteiger partial charge in [0.25, 0.3) is 0 Å². The molecule has 1 unspecified atom stereocenters. The van der Waals surface area contributed by atoms with E-state index < -0.39 is 18.0 Å². The number of aliphatic hydroxyl groups excluding tert-OH is 1. The van der Waals surface area contributed by atoms with Gasteiger partial charge in [-0.05, 0) is 19.8 Å². The Labute approximate surface area is 196 Å². The standard InChI is InChI=1S/C18H36O2.C3H6O3.Ca/c1-2-3-4-5-6-7-8-9-10-11-12-13-14-15-16-17-18(19)20;1-2(4)3(5)6;/h2-17H2,1H3,(H,19,20);2,4H,1H3,(H,5,6);/q;;+2/p-2. The summed E-state index contributed by atoms with van der Waals surface area (Å²) in [5, 5.41) is 27.5. The molecular weight excluding hydrogens is 372 g/mol. The van der Waals surface area contributed by atoms with Crippen LogP contribution in [-0.4, -0.2) is 60.9 Å². The minimum atomic E-state index is -1.44. The van der Waals surface area contributed by atoms with E-state index in [1.807, 2.05) is 0 Å². The van der Waals surface area contributed by atoms with Crippen molar-refractivity contribution in [1.29, 1.82) is 0 Å². The third-order valence-electron chi connectivity index (χ3n) is 4.33. The summed E-state index contributed by atoms with van der Waals surface area (Å²) in [7, 11) is 0. The van der Waals surface area contributed by atoms with Gasteiger partial charge in [-0.1, -0.05) is 96.8 Å². The van der Waals surface area contributed by atoms with E-state index in [9.17, 15) is 19.8 Å². The van der Waals surface area contributed by atoms with Crippen LogP contribution < -0.4 is 10.2 Å². The summed E-state index contributed by atoms with van der Waals surface area (Å²) in [5.41, 5.74) is 0. The molecule has 0 spiro atoms. The Hall–Kier alpha value is 0.160. The second-order valence-corrected chi connectivity index (χ2v) is 7.07. The molecule has 1 N–H and O–H groups in total. The van der Waals surface area contributed by atoms with Crippen LogP contribution in [0, 0.1) is 0 Å². The quantitative estimate of drug-likeness (QED) is 0.292.